The van der Waals surface area contributed by atoms with E-state index in [1.54, 1.807) is 0 Å². The number of carboxylic acid groups (broad SMARTS) is 1. The first-order chi connectivity index (χ1) is 16.0. The third-order valence-corrected chi connectivity index (χ3v) is 5.36. The molecule has 1 heterocycles. The maximum atomic E-state index is 12.3. The number of aromatic nitrogens is 3. The summed E-state index contributed by atoms with van der Waals surface area (Å²) < 4.78 is 5.43. The summed E-state index contributed by atoms with van der Waals surface area (Å²) in [5.41, 5.74) is 4.47. The number of aromatic amines is 1. The van der Waals surface area contributed by atoms with Gasteiger partial charge in [-0.05, 0) is 35.1 Å². The monoisotopic (exact) mass is 449 g/mol. The van der Waals surface area contributed by atoms with Gasteiger partial charge in [0.2, 0.25) is 5.82 Å². The number of H-pyrrole nitrogens is 1. The lowest BCUT2D eigenvalue weighted by atomic mass is 9.98. The topological polar surface area (TPSA) is 146 Å². The van der Waals surface area contributed by atoms with Gasteiger partial charge in [0, 0.05) is 18.9 Å². The third-order valence-electron chi connectivity index (χ3n) is 5.36. The third kappa shape index (κ3) is 5.17. The number of hydrogen-bond donors (Lipinski definition) is 4. The van der Waals surface area contributed by atoms with Crippen molar-refractivity contribution in [1.82, 2.24) is 20.5 Å². The summed E-state index contributed by atoms with van der Waals surface area (Å²) in [6.07, 6.45) is 0.306. The van der Waals surface area contributed by atoms with Gasteiger partial charge in [-0.1, -0.05) is 48.5 Å². The molecule has 0 atom stereocenters. The summed E-state index contributed by atoms with van der Waals surface area (Å²) in [6, 6.07) is 16.1. The van der Waals surface area contributed by atoms with E-state index >= 15 is 0 Å². The number of benzene rings is 2. The fourth-order valence-corrected chi connectivity index (χ4v) is 3.83. The Labute approximate surface area is 189 Å². The van der Waals surface area contributed by atoms with Crippen LogP contribution in [-0.2, 0) is 9.53 Å². The van der Waals surface area contributed by atoms with Crippen molar-refractivity contribution >= 4 is 23.9 Å². The summed E-state index contributed by atoms with van der Waals surface area (Å²) in [4.78, 5) is 38.8. The molecule has 2 aromatic carbocycles. The minimum atomic E-state index is -0.875. The Morgan fingerprint density at radius 1 is 1.00 bits per heavy atom. The number of fused-ring (bicyclic) bond motifs is 3. The fraction of sp³-hybridized carbons (Fsp3) is 0.261. The second-order valence-electron chi connectivity index (χ2n) is 7.56. The van der Waals surface area contributed by atoms with E-state index in [0.717, 1.165) is 22.3 Å². The molecule has 0 saturated carbocycles. The van der Waals surface area contributed by atoms with E-state index in [9.17, 15) is 14.4 Å². The predicted octanol–water partition coefficient (Wildman–Crippen LogP) is 3.15. The number of carbonyl (C=O) groups excluding carboxylic acids is 2. The Balaban J connectivity index is 1.28. The van der Waals surface area contributed by atoms with Gasteiger partial charge in [-0.2, -0.15) is 4.98 Å². The van der Waals surface area contributed by atoms with Crippen molar-refractivity contribution in [3.63, 3.8) is 0 Å². The molecule has 0 bridgehead atoms. The Morgan fingerprint density at radius 2 is 1.67 bits per heavy atom. The predicted molar refractivity (Wildman–Crippen MR) is 119 cm³/mol. The molecule has 2 amide bonds. The molecular formula is C23H23N5O5. The van der Waals surface area contributed by atoms with Crippen molar-refractivity contribution < 1.29 is 24.2 Å². The van der Waals surface area contributed by atoms with Crippen molar-refractivity contribution in [2.24, 2.45) is 0 Å². The summed E-state index contributed by atoms with van der Waals surface area (Å²) in [6.45, 7) is 0.454. The van der Waals surface area contributed by atoms with Crippen LogP contribution in [0.5, 0.6) is 0 Å². The largest absolute Gasteiger partial charge is 0.481 e. The van der Waals surface area contributed by atoms with E-state index in [4.69, 9.17) is 9.84 Å². The Kier molecular flexibility index (Phi) is 6.63. The molecule has 0 radical (unpaired) electrons. The molecule has 1 aliphatic carbocycles. The van der Waals surface area contributed by atoms with Crippen LogP contribution in [0.2, 0.25) is 0 Å². The minimum Gasteiger partial charge on any atom is -0.481 e. The van der Waals surface area contributed by atoms with Crippen molar-refractivity contribution in [2.45, 2.75) is 25.2 Å². The van der Waals surface area contributed by atoms with Gasteiger partial charge in [-0.3, -0.25) is 20.0 Å². The number of carboxylic acids is 1. The van der Waals surface area contributed by atoms with Crippen LogP contribution in [0.3, 0.4) is 0 Å². The van der Waals surface area contributed by atoms with Crippen LogP contribution in [-0.4, -0.2) is 51.4 Å². The number of aliphatic carboxylic acids is 1. The lowest BCUT2D eigenvalue weighted by Gasteiger charge is -2.13. The van der Waals surface area contributed by atoms with Gasteiger partial charge in [-0.25, -0.2) is 4.79 Å². The number of amides is 2. The Hall–Kier alpha value is -4.21. The average Bonchev–Trinajstić information content (AvgIpc) is 3.40. The molecule has 0 spiro atoms. The van der Waals surface area contributed by atoms with Gasteiger partial charge in [-0.15, -0.1) is 5.10 Å². The highest BCUT2D eigenvalue weighted by atomic mass is 16.5. The van der Waals surface area contributed by atoms with Crippen LogP contribution < -0.4 is 10.6 Å². The van der Waals surface area contributed by atoms with E-state index in [2.05, 4.69) is 37.9 Å². The fourth-order valence-electron chi connectivity index (χ4n) is 3.83. The Bertz CT molecular complexity index is 1130. The second kappa shape index (κ2) is 9.94. The highest BCUT2D eigenvalue weighted by molar-refractivity contribution is 5.91. The summed E-state index contributed by atoms with van der Waals surface area (Å²) >= 11 is 0. The van der Waals surface area contributed by atoms with E-state index in [0.29, 0.717) is 19.4 Å². The number of anilines is 1. The normalized spacial score (nSPS) is 12.0. The molecule has 4 rings (SSSR count). The quantitative estimate of drug-likeness (QED) is 0.367. The van der Waals surface area contributed by atoms with E-state index in [1.807, 2.05) is 36.4 Å². The van der Waals surface area contributed by atoms with Gasteiger partial charge in [0.1, 0.15) is 6.61 Å². The van der Waals surface area contributed by atoms with Crippen LogP contribution in [0.25, 0.3) is 11.1 Å². The molecule has 3 aromatic rings. The lowest BCUT2D eigenvalue weighted by molar-refractivity contribution is -0.137. The van der Waals surface area contributed by atoms with Crippen LogP contribution in [0.1, 0.15) is 46.9 Å². The maximum absolute atomic E-state index is 12.3. The van der Waals surface area contributed by atoms with Gasteiger partial charge >= 0.3 is 12.1 Å². The summed E-state index contributed by atoms with van der Waals surface area (Å²) in [5, 5.41) is 19.9. The first-order valence-electron chi connectivity index (χ1n) is 10.6. The molecule has 10 heteroatoms. The van der Waals surface area contributed by atoms with E-state index in [-0.39, 0.29) is 30.7 Å². The van der Waals surface area contributed by atoms with Gasteiger partial charge in [0.05, 0.1) is 0 Å². The number of rotatable bonds is 9. The molecule has 0 saturated heterocycles. The van der Waals surface area contributed by atoms with E-state index in [1.165, 1.54) is 0 Å². The van der Waals surface area contributed by atoms with E-state index < -0.39 is 18.0 Å². The standard InChI is InChI=1S/C23H23N5O5/c29-19(30)11-5-6-12-24-21(31)20-25-22(28-27-20)26-23(32)33-13-18-16-9-3-1-7-14(16)15-8-2-4-10-17(15)18/h1-4,7-10,18H,5-6,11-13H2,(H,24,31)(H,29,30)(H2,25,26,27,28,32). The number of hydrogen-bond acceptors (Lipinski definition) is 6. The summed E-state index contributed by atoms with van der Waals surface area (Å²) in [7, 11) is 0. The van der Waals surface area contributed by atoms with Crippen molar-refractivity contribution in [1.29, 1.82) is 0 Å². The van der Waals surface area contributed by atoms with Crippen LogP contribution in [0.15, 0.2) is 48.5 Å². The highest BCUT2D eigenvalue weighted by Gasteiger charge is 2.29. The molecule has 1 aromatic heterocycles. The number of nitrogens with zero attached hydrogens (tertiary/aromatic N) is 2. The average molecular weight is 449 g/mol. The molecule has 0 unspecified atom stereocenters. The SMILES string of the molecule is O=C(O)CCCCNC(=O)c1nc(NC(=O)OCC2c3ccccc3-c3ccccc32)n[nH]1. The number of carbonyl (C=O) groups is 3. The number of ether oxygens (including phenoxy) is 1. The van der Waals surface area contributed by atoms with Gasteiger partial charge in [0.25, 0.3) is 11.9 Å². The smallest absolute Gasteiger partial charge is 0.414 e. The first-order valence-corrected chi connectivity index (χ1v) is 10.6. The molecule has 10 nitrogen and oxygen atoms in total. The highest BCUT2D eigenvalue weighted by Crippen LogP contribution is 2.44. The lowest BCUT2D eigenvalue weighted by Crippen LogP contribution is -2.25. The zero-order chi connectivity index (χ0) is 23.2. The minimum absolute atomic E-state index is 0.0480. The zero-order valence-electron chi connectivity index (χ0n) is 17.7. The number of nitrogens with one attached hydrogen (secondary N) is 3. The maximum Gasteiger partial charge on any atom is 0.414 e. The molecule has 33 heavy (non-hydrogen) atoms. The first kappa shape index (κ1) is 22.0. The van der Waals surface area contributed by atoms with Crippen molar-refractivity contribution in [3.05, 3.63) is 65.5 Å². The molecule has 4 N–H and O–H groups in total. The van der Waals surface area contributed by atoms with Crippen LogP contribution in [0, 0.1) is 0 Å². The number of unbranched alkanes of at least 4 members (excludes halogenated alkanes) is 1. The van der Waals surface area contributed by atoms with Gasteiger partial charge in [0.15, 0.2) is 0 Å². The molecular weight excluding hydrogens is 426 g/mol. The Morgan fingerprint density at radius 3 is 2.33 bits per heavy atom. The molecule has 170 valence electrons. The molecule has 0 fully saturated rings. The summed E-state index contributed by atoms with van der Waals surface area (Å²) in [5.74, 6) is -1.60. The van der Waals surface area contributed by atoms with Gasteiger partial charge < -0.3 is 15.2 Å². The second-order valence-corrected chi connectivity index (χ2v) is 7.56. The van der Waals surface area contributed by atoms with Crippen LogP contribution in [0.4, 0.5) is 10.7 Å². The van der Waals surface area contributed by atoms with Crippen molar-refractivity contribution in [2.75, 3.05) is 18.5 Å². The molecule has 0 aliphatic heterocycles. The van der Waals surface area contributed by atoms with Crippen LogP contribution >= 0.6 is 0 Å². The zero-order valence-corrected chi connectivity index (χ0v) is 17.7. The molecule has 1 aliphatic rings. The van der Waals surface area contributed by atoms with Crippen molar-refractivity contribution in [3.8, 4) is 11.1 Å².